The normalized spacial score (nSPS) is 11.9. The summed E-state index contributed by atoms with van der Waals surface area (Å²) in [4.78, 5) is 38.4. The number of ketones is 2. The largest absolute Gasteiger partial charge is 0.487 e. The number of aryl methyl sites for hydroxylation is 1. The Morgan fingerprint density at radius 2 is 1.62 bits per heavy atom. The molecule has 212 valence electrons. The number of halogens is 4. The summed E-state index contributed by atoms with van der Waals surface area (Å²) in [6.45, 7) is 2.62. The first kappa shape index (κ1) is 31.4. The van der Waals surface area contributed by atoms with Crippen LogP contribution >= 0.6 is 27.5 Å². The lowest BCUT2D eigenvalue weighted by atomic mass is 9.95. The van der Waals surface area contributed by atoms with Crippen molar-refractivity contribution in [2.24, 2.45) is 5.92 Å². The Morgan fingerprint density at radius 3 is 2.27 bits per heavy atom. The maximum Gasteiger partial charge on any atom is 0.272 e. The van der Waals surface area contributed by atoms with Gasteiger partial charge in [-0.1, -0.05) is 53.5 Å². The summed E-state index contributed by atoms with van der Waals surface area (Å²) in [5.41, 5.74) is 1.89. The Bertz CT molecular complexity index is 1360. The van der Waals surface area contributed by atoms with Gasteiger partial charge in [-0.05, 0) is 72.0 Å². The lowest BCUT2D eigenvalue weighted by Crippen LogP contribution is -2.26. The first-order valence-corrected chi connectivity index (χ1v) is 13.7. The van der Waals surface area contributed by atoms with Crippen LogP contribution in [0.1, 0.15) is 52.1 Å². The number of aliphatic hydroxyl groups excluding tert-OH is 1. The number of amides is 1. The van der Waals surface area contributed by atoms with Gasteiger partial charge in [-0.3, -0.25) is 14.4 Å². The number of hydrogen-bond donors (Lipinski definition) is 2. The highest BCUT2D eigenvalue weighted by Crippen LogP contribution is 2.26. The number of carbonyl (C=O) groups excluding carboxylic acids is 3. The van der Waals surface area contributed by atoms with Crippen LogP contribution in [-0.4, -0.2) is 41.7 Å². The van der Waals surface area contributed by atoms with E-state index in [9.17, 15) is 28.3 Å². The Morgan fingerprint density at radius 1 is 0.975 bits per heavy atom. The quantitative estimate of drug-likeness (QED) is 0.198. The Labute approximate surface area is 244 Å². The van der Waals surface area contributed by atoms with Crippen LogP contribution in [0.25, 0.3) is 0 Å². The minimum absolute atomic E-state index is 0.00376. The molecule has 0 aliphatic carbocycles. The number of benzene rings is 3. The van der Waals surface area contributed by atoms with E-state index in [0.717, 1.165) is 4.47 Å². The molecule has 6 nitrogen and oxygen atoms in total. The molecule has 0 saturated carbocycles. The van der Waals surface area contributed by atoms with Gasteiger partial charge in [0.1, 0.15) is 18.5 Å². The zero-order chi connectivity index (χ0) is 29.4. The molecule has 0 aliphatic heterocycles. The molecule has 3 aromatic carbocycles. The molecule has 1 unspecified atom stereocenters. The third-order valence-electron chi connectivity index (χ3n) is 6.07. The Kier molecular flexibility index (Phi) is 11.4. The summed E-state index contributed by atoms with van der Waals surface area (Å²) in [6, 6.07) is 16.0. The topological polar surface area (TPSA) is 92.7 Å². The van der Waals surface area contributed by atoms with Gasteiger partial charge in [0.15, 0.2) is 11.6 Å². The van der Waals surface area contributed by atoms with E-state index in [-0.39, 0.29) is 52.2 Å². The third-order valence-corrected chi connectivity index (χ3v) is 6.93. The number of hydrogen-bond acceptors (Lipinski definition) is 5. The van der Waals surface area contributed by atoms with Crippen LogP contribution in [-0.2, 0) is 17.6 Å². The summed E-state index contributed by atoms with van der Waals surface area (Å²) in [7, 11) is 0. The second-order valence-corrected chi connectivity index (χ2v) is 10.9. The van der Waals surface area contributed by atoms with Crippen LogP contribution in [0.15, 0.2) is 65.1 Å². The van der Waals surface area contributed by atoms with Crippen molar-refractivity contribution >= 4 is 50.7 Å². The molecular formula is C30H29BrClF2NO5. The summed E-state index contributed by atoms with van der Waals surface area (Å²) in [5.74, 6) is -1.43. The molecule has 0 aliphatic rings. The summed E-state index contributed by atoms with van der Waals surface area (Å²) >= 11 is 9.62. The van der Waals surface area contributed by atoms with Gasteiger partial charge < -0.3 is 15.2 Å². The van der Waals surface area contributed by atoms with E-state index in [0.29, 0.717) is 23.2 Å². The van der Waals surface area contributed by atoms with E-state index in [1.54, 1.807) is 56.3 Å². The highest BCUT2D eigenvalue weighted by atomic mass is 79.9. The van der Waals surface area contributed by atoms with Crippen molar-refractivity contribution in [2.45, 2.75) is 45.6 Å². The van der Waals surface area contributed by atoms with E-state index in [4.69, 9.17) is 16.3 Å². The van der Waals surface area contributed by atoms with Crippen LogP contribution < -0.4 is 10.1 Å². The van der Waals surface area contributed by atoms with Crippen molar-refractivity contribution in [3.8, 4) is 5.75 Å². The van der Waals surface area contributed by atoms with Crippen molar-refractivity contribution in [3.05, 3.63) is 92.4 Å². The van der Waals surface area contributed by atoms with Crippen LogP contribution in [0.5, 0.6) is 5.75 Å². The van der Waals surface area contributed by atoms with E-state index in [1.807, 2.05) is 0 Å². The monoisotopic (exact) mass is 635 g/mol. The number of aliphatic hydroxyl groups is 1. The zero-order valence-corrected chi connectivity index (χ0v) is 24.3. The van der Waals surface area contributed by atoms with Crippen LogP contribution in [0.4, 0.5) is 14.5 Å². The molecular weight excluding hydrogens is 608 g/mol. The number of anilines is 1. The summed E-state index contributed by atoms with van der Waals surface area (Å²) < 4.78 is 31.6. The first-order chi connectivity index (χ1) is 18.9. The van der Waals surface area contributed by atoms with Crippen LogP contribution in [0.2, 0.25) is 5.02 Å². The Hall–Kier alpha value is -3.14. The highest BCUT2D eigenvalue weighted by Gasteiger charge is 2.20. The van der Waals surface area contributed by atoms with Gasteiger partial charge in [0.2, 0.25) is 0 Å². The minimum Gasteiger partial charge on any atom is -0.487 e. The van der Waals surface area contributed by atoms with E-state index in [2.05, 4.69) is 21.2 Å². The van der Waals surface area contributed by atoms with E-state index in [1.165, 1.54) is 18.2 Å². The molecule has 3 rings (SSSR count). The molecule has 40 heavy (non-hydrogen) atoms. The molecule has 0 radical (unpaired) electrons. The maximum atomic E-state index is 13.2. The summed E-state index contributed by atoms with van der Waals surface area (Å²) in [6.07, 6.45) is -3.46. The lowest BCUT2D eigenvalue weighted by molar-refractivity contribution is -0.129. The number of carbonyl (C=O) groups is 3. The number of Topliss-reactive ketones (excluding diaryl/α,β-unsaturated/α-hetero) is 2. The number of alkyl halides is 2. The molecule has 0 spiro atoms. The molecule has 0 fully saturated rings. The number of ether oxygens (including phenoxy) is 1. The zero-order valence-electron chi connectivity index (χ0n) is 21.9. The van der Waals surface area contributed by atoms with Gasteiger partial charge in [0.05, 0.1) is 10.6 Å². The Balaban J connectivity index is 1.80. The molecule has 2 N–H and O–H groups in total. The SMILES string of the molecule is CC(C)C(O)C(=O)CCc1ccc(Cl)c(C(=O)Cc2ccc(OCC(F)F)c(C(=O)Nc3ccc(Br)cc3)c2)c1. The van der Waals surface area contributed by atoms with Crippen molar-refractivity contribution in [2.75, 3.05) is 11.9 Å². The van der Waals surface area contributed by atoms with Gasteiger partial charge >= 0.3 is 0 Å². The van der Waals surface area contributed by atoms with E-state index >= 15 is 0 Å². The standard InChI is InChI=1S/C30H29BrClF2NO5/c1-17(2)29(38)25(36)11-4-18-3-10-24(32)22(13-18)26(37)15-19-5-12-27(40-16-28(33)34)23(14-19)30(39)35-21-8-6-20(31)7-9-21/h3,5-10,12-14,17,28-29,38H,4,11,15-16H2,1-2H3,(H,35,39). The van der Waals surface area contributed by atoms with Gasteiger partial charge in [-0.25, -0.2) is 8.78 Å². The van der Waals surface area contributed by atoms with Gasteiger partial charge in [0, 0.05) is 28.6 Å². The fraction of sp³-hybridized carbons (Fsp3) is 0.300. The molecule has 10 heteroatoms. The molecule has 0 heterocycles. The average molecular weight is 637 g/mol. The fourth-order valence-corrected chi connectivity index (χ4v) is 4.37. The molecule has 0 saturated heterocycles. The minimum atomic E-state index is -2.73. The van der Waals surface area contributed by atoms with Crippen molar-refractivity contribution < 1.29 is 33.0 Å². The molecule has 1 amide bonds. The number of rotatable bonds is 13. The average Bonchev–Trinajstić information content (AvgIpc) is 2.92. The summed E-state index contributed by atoms with van der Waals surface area (Å²) in [5, 5.41) is 12.9. The smallest absolute Gasteiger partial charge is 0.272 e. The molecule has 1 atom stereocenters. The third kappa shape index (κ3) is 8.94. The van der Waals surface area contributed by atoms with Crippen molar-refractivity contribution in [1.82, 2.24) is 0 Å². The first-order valence-electron chi connectivity index (χ1n) is 12.6. The van der Waals surface area contributed by atoms with Gasteiger partial charge in [-0.15, -0.1) is 0 Å². The second-order valence-electron chi connectivity index (χ2n) is 9.56. The highest BCUT2D eigenvalue weighted by molar-refractivity contribution is 9.10. The predicted octanol–water partition coefficient (Wildman–Crippen LogP) is 6.94. The number of nitrogens with one attached hydrogen (secondary N) is 1. The van der Waals surface area contributed by atoms with Gasteiger partial charge in [0.25, 0.3) is 12.3 Å². The fourth-order valence-electron chi connectivity index (χ4n) is 3.88. The van der Waals surface area contributed by atoms with Crippen LogP contribution in [0, 0.1) is 5.92 Å². The lowest BCUT2D eigenvalue weighted by Gasteiger charge is -2.14. The van der Waals surface area contributed by atoms with Crippen LogP contribution in [0.3, 0.4) is 0 Å². The predicted molar refractivity (Wildman–Crippen MR) is 154 cm³/mol. The maximum absolute atomic E-state index is 13.2. The molecule has 3 aromatic rings. The van der Waals surface area contributed by atoms with Crippen molar-refractivity contribution in [1.29, 1.82) is 0 Å². The van der Waals surface area contributed by atoms with E-state index < -0.39 is 25.0 Å². The molecule has 0 aromatic heterocycles. The molecule has 0 bridgehead atoms. The second kappa shape index (κ2) is 14.5. The van der Waals surface area contributed by atoms with Crippen molar-refractivity contribution in [3.63, 3.8) is 0 Å². The van der Waals surface area contributed by atoms with Gasteiger partial charge in [-0.2, -0.15) is 0 Å².